The van der Waals surface area contributed by atoms with Gasteiger partial charge in [0.15, 0.2) is 6.10 Å². The highest BCUT2D eigenvalue weighted by molar-refractivity contribution is 9.10. The van der Waals surface area contributed by atoms with Crippen molar-refractivity contribution in [3.05, 3.63) is 28.2 Å². The Labute approximate surface area is 114 Å². The fraction of sp³-hybridized carbons (Fsp3) is 0.333. The fourth-order valence-electron chi connectivity index (χ4n) is 1.22. The second-order valence-corrected chi connectivity index (χ2v) is 4.62. The summed E-state index contributed by atoms with van der Waals surface area (Å²) in [5.41, 5.74) is 1.08. The zero-order chi connectivity index (χ0) is 13.7. The Morgan fingerprint density at radius 1 is 1.39 bits per heavy atom. The van der Waals surface area contributed by atoms with Crippen LogP contribution in [0.3, 0.4) is 0 Å². The van der Waals surface area contributed by atoms with Gasteiger partial charge >= 0.3 is 6.03 Å². The minimum absolute atomic E-state index is 0.498. The summed E-state index contributed by atoms with van der Waals surface area (Å²) in [6.07, 6.45) is -0.763. The maximum Gasteiger partial charge on any atom is 0.321 e. The lowest BCUT2D eigenvalue weighted by molar-refractivity contribution is -0.126. The molecule has 0 aromatic heterocycles. The number of amides is 3. The number of hydrogen-bond acceptors (Lipinski definition) is 3. The summed E-state index contributed by atoms with van der Waals surface area (Å²) >= 11 is 3.35. The lowest BCUT2D eigenvalue weighted by atomic mass is 10.2. The first-order valence-corrected chi connectivity index (χ1v) is 6.18. The molecule has 0 radical (unpaired) electrons. The highest BCUT2D eigenvalue weighted by Crippen LogP contribution is 2.26. The van der Waals surface area contributed by atoms with Gasteiger partial charge in [0.1, 0.15) is 5.75 Å². The third kappa shape index (κ3) is 4.03. The molecule has 0 bridgehead atoms. The van der Waals surface area contributed by atoms with Crippen LogP contribution in [0.2, 0.25) is 0 Å². The highest BCUT2D eigenvalue weighted by atomic mass is 79.9. The zero-order valence-corrected chi connectivity index (χ0v) is 12.0. The van der Waals surface area contributed by atoms with E-state index < -0.39 is 18.0 Å². The summed E-state index contributed by atoms with van der Waals surface area (Å²) in [7, 11) is 1.44. The van der Waals surface area contributed by atoms with E-state index in [1.165, 1.54) is 7.05 Å². The number of imide groups is 1. The van der Waals surface area contributed by atoms with Crippen LogP contribution in [0.15, 0.2) is 22.7 Å². The van der Waals surface area contributed by atoms with Crippen LogP contribution in [-0.4, -0.2) is 25.1 Å². The molecule has 1 rings (SSSR count). The summed E-state index contributed by atoms with van der Waals surface area (Å²) < 4.78 is 6.23. The second kappa shape index (κ2) is 6.39. The first-order chi connectivity index (χ1) is 8.43. The lowest BCUT2D eigenvalue weighted by Gasteiger charge is -2.15. The van der Waals surface area contributed by atoms with Gasteiger partial charge in [0.25, 0.3) is 5.91 Å². The Morgan fingerprint density at radius 3 is 2.61 bits per heavy atom. The third-order valence-electron chi connectivity index (χ3n) is 2.22. The van der Waals surface area contributed by atoms with E-state index in [1.807, 2.05) is 19.1 Å². The van der Waals surface area contributed by atoms with E-state index in [0.29, 0.717) is 5.75 Å². The molecule has 0 heterocycles. The van der Waals surface area contributed by atoms with E-state index >= 15 is 0 Å². The van der Waals surface area contributed by atoms with E-state index in [9.17, 15) is 9.59 Å². The Morgan fingerprint density at radius 2 is 2.06 bits per heavy atom. The van der Waals surface area contributed by atoms with Gasteiger partial charge in [-0.05, 0) is 47.5 Å². The molecule has 0 aliphatic carbocycles. The summed E-state index contributed by atoms with van der Waals surface area (Å²) in [6, 6.07) is 4.98. The first kappa shape index (κ1) is 14.5. The predicted molar refractivity (Wildman–Crippen MR) is 71.6 cm³/mol. The summed E-state index contributed by atoms with van der Waals surface area (Å²) in [5.74, 6) is 0.0574. The number of benzene rings is 1. The molecule has 98 valence electrons. The Kier molecular flexibility index (Phi) is 5.15. The molecule has 18 heavy (non-hydrogen) atoms. The number of carbonyl (C=O) groups is 2. The molecule has 0 saturated heterocycles. The smallest absolute Gasteiger partial charge is 0.321 e. The third-order valence-corrected chi connectivity index (χ3v) is 2.84. The fourth-order valence-corrected chi connectivity index (χ4v) is 1.81. The summed E-state index contributed by atoms with van der Waals surface area (Å²) in [4.78, 5) is 22.6. The van der Waals surface area contributed by atoms with Crippen molar-refractivity contribution in [3.8, 4) is 5.75 Å². The van der Waals surface area contributed by atoms with Crippen LogP contribution in [-0.2, 0) is 4.79 Å². The molecule has 0 fully saturated rings. The summed E-state index contributed by atoms with van der Waals surface area (Å²) in [6.45, 7) is 3.53. The number of rotatable bonds is 3. The van der Waals surface area contributed by atoms with Crippen LogP contribution in [0.25, 0.3) is 0 Å². The number of halogens is 1. The van der Waals surface area contributed by atoms with Crippen molar-refractivity contribution in [2.45, 2.75) is 20.0 Å². The Bertz CT molecular complexity index is 463. The summed E-state index contributed by atoms with van der Waals surface area (Å²) in [5, 5.41) is 4.45. The van der Waals surface area contributed by atoms with E-state index in [2.05, 4.69) is 26.6 Å². The van der Waals surface area contributed by atoms with Crippen molar-refractivity contribution in [1.29, 1.82) is 0 Å². The minimum atomic E-state index is -0.763. The van der Waals surface area contributed by atoms with Crippen LogP contribution in [0.5, 0.6) is 5.75 Å². The van der Waals surface area contributed by atoms with Gasteiger partial charge in [-0.2, -0.15) is 0 Å². The lowest BCUT2D eigenvalue weighted by Crippen LogP contribution is -2.43. The van der Waals surface area contributed by atoms with E-state index in [0.717, 1.165) is 10.0 Å². The number of ether oxygens (including phenoxy) is 1. The van der Waals surface area contributed by atoms with Crippen molar-refractivity contribution in [1.82, 2.24) is 10.6 Å². The molecular weight excluding hydrogens is 300 g/mol. The molecule has 0 saturated carbocycles. The van der Waals surface area contributed by atoms with Crippen molar-refractivity contribution < 1.29 is 14.3 Å². The van der Waals surface area contributed by atoms with Crippen LogP contribution in [0, 0.1) is 6.92 Å². The van der Waals surface area contributed by atoms with Crippen LogP contribution >= 0.6 is 15.9 Å². The van der Waals surface area contributed by atoms with E-state index in [4.69, 9.17) is 4.74 Å². The molecule has 0 unspecified atom stereocenters. The molecule has 3 amide bonds. The second-order valence-electron chi connectivity index (χ2n) is 3.76. The molecule has 6 heteroatoms. The van der Waals surface area contributed by atoms with Gasteiger partial charge in [0.2, 0.25) is 0 Å². The molecule has 2 N–H and O–H groups in total. The van der Waals surface area contributed by atoms with Gasteiger partial charge in [-0.15, -0.1) is 0 Å². The first-order valence-electron chi connectivity index (χ1n) is 5.39. The molecule has 1 atom stereocenters. The SMILES string of the molecule is CNC(=O)NC(=O)[C@@H](C)Oc1ccc(C)cc1Br. The molecule has 1 aromatic carbocycles. The van der Waals surface area contributed by atoms with Crippen molar-refractivity contribution in [3.63, 3.8) is 0 Å². The van der Waals surface area contributed by atoms with Crippen molar-refractivity contribution in [2.24, 2.45) is 0 Å². The molecule has 1 aromatic rings. The Hall–Kier alpha value is -1.56. The number of hydrogen-bond donors (Lipinski definition) is 2. The van der Waals surface area contributed by atoms with Gasteiger partial charge in [-0.25, -0.2) is 4.79 Å². The molecule has 0 aliphatic rings. The monoisotopic (exact) mass is 314 g/mol. The topological polar surface area (TPSA) is 67.4 Å². The Balaban J connectivity index is 2.66. The van der Waals surface area contributed by atoms with Crippen molar-refractivity contribution >= 4 is 27.9 Å². The number of nitrogens with one attached hydrogen (secondary N) is 2. The molecule has 0 aliphatic heterocycles. The predicted octanol–water partition coefficient (Wildman–Crippen LogP) is 1.98. The largest absolute Gasteiger partial charge is 0.480 e. The maximum absolute atomic E-state index is 11.6. The van der Waals surface area contributed by atoms with Gasteiger partial charge in [0, 0.05) is 7.05 Å². The standard InChI is InChI=1S/C12H15BrN2O3/c1-7-4-5-10(9(13)6-7)18-8(2)11(16)15-12(17)14-3/h4-6,8H,1-3H3,(H2,14,15,16,17)/t8-/m1/s1. The van der Waals surface area contributed by atoms with Gasteiger partial charge in [-0.3, -0.25) is 10.1 Å². The van der Waals surface area contributed by atoms with Gasteiger partial charge in [-0.1, -0.05) is 6.07 Å². The minimum Gasteiger partial charge on any atom is -0.480 e. The molecule has 5 nitrogen and oxygen atoms in total. The maximum atomic E-state index is 11.6. The average molecular weight is 315 g/mol. The number of carbonyl (C=O) groups excluding carboxylic acids is 2. The van der Waals surface area contributed by atoms with Gasteiger partial charge in [0.05, 0.1) is 4.47 Å². The van der Waals surface area contributed by atoms with Crippen LogP contribution < -0.4 is 15.4 Å². The van der Waals surface area contributed by atoms with Gasteiger partial charge < -0.3 is 10.1 Å². The normalized spacial score (nSPS) is 11.6. The number of aryl methyl sites for hydroxylation is 1. The van der Waals surface area contributed by atoms with E-state index in [1.54, 1.807) is 13.0 Å². The molecular formula is C12H15BrN2O3. The van der Waals surface area contributed by atoms with E-state index in [-0.39, 0.29) is 0 Å². The quantitative estimate of drug-likeness (QED) is 0.896. The van der Waals surface area contributed by atoms with Crippen LogP contribution in [0.1, 0.15) is 12.5 Å². The van der Waals surface area contributed by atoms with Crippen LogP contribution in [0.4, 0.5) is 4.79 Å². The zero-order valence-electron chi connectivity index (χ0n) is 10.4. The van der Waals surface area contributed by atoms with Crippen molar-refractivity contribution in [2.75, 3.05) is 7.05 Å². The highest BCUT2D eigenvalue weighted by Gasteiger charge is 2.17. The molecule has 0 spiro atoms. The average Bonchev–Trinajstić information content (AvgIpc) is 2.32. The number of urea groups is 1.